The highest BCUT2D eigenvalue weighted by molar-refractivity contribution is 5.39. The van der Waals surface area contributed by atoms with Gasteiger partial charge in [-0.15, -0.1) is 0 Å². The third kappa shape index (κ3) is 2.99. The highest BCUT2D eigenvalue weighted by atomic mass is 16.5. The van der Waals surface area contributed by atoms with E-state index in [1.54, 1.807) is 0 Å². The summed E-state index contributed by atoms with van der Waals surface area (Å²) in [5.41, 5.74) is 6.04. The van der Waals surface area contributed by atoms with E-state index in [1.165, 1.54) is 30.4 Å². The second-order valence-corrected chi connectivity index (χ2v) is 5.91. The third-order valence-corrected chi connectivity index (χ3v) is 4.63. The average molecular weight is 260 g/mol. The molecule has 3 unspecified atom stereocenters. The van der Waals surface area contributed by atoms with Crippen molar-refractivity contribution in [2.75, 3.05) is 6.61 Å². The molecular weight excluding hydrogens is 236 g/mol. The van der Waals surface area contributed by atoms with E-state index < -0.39 is 0 Å². The number of rotatable bonds is 6. The predicted molar refractivity (Wildman–Crippen MR) is 76.8 cm³/mol. The van der Waals surface area contributed by atoms with Crippen molar-refractivity contribution in [2.45, 2.75) is 56.6 Å². The quantitative estimate of drug-likeness (QED) is 0.610. The Morgan fingerprint density at radius 1 is 1.37 bits per heavy atom. The van der Waals surface area contributed by atoms with E-state index in [0.717, 1.165) is 25.9 Å². The van der Waals surface area contributed by atoms with Crippen LogP contribution in [0.5, 0.6) is 0 Å². The van der Waals surface area contributed by atoms with Crippen LogP contribution in [0.2, 0.25) is 0 Å². The second-order valence-electron chi connectivity index (χ2n) is 5.91. The number of nitrogens with two attached hydrogens (primary N) is 1. The van der Waals surface area contributed by atoms with E-state index in [1.807, 2.05) is 0 Å². The lowest BCUT2D eigenvalue weighted by Crippen LogP contribution is -2.38. The van der Waals surface area contributed by atoms with E-state index in [-0.39, 0.29) is 0 Å². The van der Waals surface area contributed by atoms with Gasteiger partial charge in [-0.05, 0) is 55.6 Å². The monoisotopic (exact) mass is 260 g/mol. The Bertz CT molecular complexity index is 415. The average Bonchev–Trinajstić information content (AvgIpc) is 2.92. The Kier molecular flexibility index (Phi) is 4.16. The number of hydrogen-bond donors (Lipinski definition) is 2. The minimum absolute atomic E-state index is 0.419. The summed E-state index contributed by atoms with van der Waals surface area (Å²) in [6.07, 6.45) is 7.56. The summed E-state index contributed by atoms with van der Waals surface area (Å²) in [7, 11) is 0. The number of nitrogens with one attached hydrogen (secondary N) is 1. The highest BCUT2D eigenvalue weighted by Gasteiger charge is 2.28. The predicted octanol–water partition coefficient (Wildman–Crippen LogP) is 2.51. The van der Waals surface area contributed by atoms with Gasteiger partial charge in [0.15, 0.2) is 0 Å². The molecule has 3 atom stereocenters. The van der Waals surface area contributed by atoms with Gasteiger partial charge in [0.05, 0.1) is 6.10 Å². The standard InChI is InChI=1S/C16H24N2O/c17-18-14(7-8-15-5-3-9-19-15)11-13-10-12-4-1-2-6-16(12)13/h1-2,4,6,13-15,18H,3,5,7-11,17H2. The van der Waals surface area contributed by atoms with Crippen molar-refractivity contribution in [2.24, 2.45) is 5.84 Å². The highest BCUT2D eigenvalue weighted by Crippen LogP contribution is 2.38. The van der Waals surface area contributed by atoms with Crippen molar-refractivity contribution in [1.29, 1.82) is 0 Å². The molecule has 3 nitrogen and oxygen atoms in total. The fourth-order valence-electron chi connectivity index (χ4n) is 3.44. The molecule has 0 spiro atoms. The van der Waals surface area contributed by atoms with E-state index in [2.05, 4.69) is 29.7 Å². The Morgan fingerprint density at radius 2 is 2.26 bits per heavy atom. The van der Waals surface area contributed by atoms with Gasteiger partial charge in [0.1, 0.15) is 0 Å². The van der Waals surface area contributed by atoms with Crippen LogP contribution in [-0.2, 0) is 11.2 Å². The van der Waals surface area contributed by atoms with Crippen molar-refractivity contribution in [3.05, 3.63) is 35.4 Å². The number of fused-ring (bicyclic) bond motifs is 1. The molecule has 1 aliphatic heterocycles. The minimum Gasteiger partial charge on any atom is -0.378 e. The van der Waals surface area contributed by atoms with Crippen LogP contribution >= 0.6 is 0 Å². The van der Waals surface area contributed by atoms with Gasteiger partial charge in [0, 0.05) is 12.6 Å². The maximum absolute atomic E-state index is 5.71. The van der Waals surface area contributed by atoms with Crippen LogP contribution < -0.4 is 11.3 Å². The van der Waals surface area contributed by atoms with Gasteiger partial charge < -0.3 is 4.74 Å². The fraction of sp³-hybridized carbons (Fsp3) is 0.625. The number of ether oxygens (including phenoxy) is 1. The normalized spacial score (nSPS) is 26.8. The third-order valence-electron chi connectivity index (χ3n) is 4.63. The van der Waals surface area contributed by atoms with Gasteiger partial charge in [-0.25, -0.2) is 0 Å². The zero-order valence-electron chi connectivity index (χ0n) is 11.5. The van der Waals surface area contributed by atoms with Gasteiger partial charge in [0.25, 0.3) is 0 Å². The first kappa shape index (κ1) is 13.1. The van der Waals surface area contributed by atoms with Crippen LogP contribution in [-0.4, -0.2) is 18.8 Å². The SMILES string of the molecule is NNC(CCC1CCCO1)CC1Cc2ccccc21. The molecule has 1 aliphatic carbocycles. The molecule has 0 saturated carbocycles. The zero-order valence-corrected chi connectivity index (χ0v) is 11.5. The van der Waals surface area contributed by atoms with E-state index in [4.69, 9.17) is 10.6 Å². The molecule has 19 heavy (non-hydrogen) atoms. The van der Waals surface area contributed by atoms with Crippen molar-refractivity contribution in [1.82, 2.24) is 5.43 Å². The molecule has 1 aromatic rings. The smallest absolute Gasteiger partial charge is 0.0576 e. The molecule has 1 aromatic carbocycles. The van der Waals surface area contributed by atoms with Crippen LogP contribution in [0.1, 0.15) is 49.1 Å². The van der Waals surface area contributed by atoms with Crippen LogP contribution in [0.4, 0.5) is 0 Å². The van der Waals surface area contributed by atoms with Gasteiger partial charge in [-0.3, -0.25) is 11.3 Å². The maximum Gasteiger partial charge on any atom is 0.0576 e. The summed E-state index contributed by atoms with van der Waals surface area (Å²) < 4.78 is 5.68. The lowest BCUT2D eigenvalue weighted by molar-refractivity contribution is 0.0989. The molecule has 3 N–H and O–H groups in total. The van der Waals surface area contributed by atoms with Crippen LogP contribution in [0, 0.1) is 0 Å². The molecular formula is C16H24N2O. The number of hydrogen-bond acceptors (Lipinski definition) is 3. The molecule has 0 aromatic heterocycles. The Morgan fingerprint density at radius 3 is 3.00 bits per heavy atom. The molecule has 3 rings (SSSR count). The Labute approximate surface area is 115 Å². The summed E-state index contributed by atoms with van der Waals surface area (Å²) >= 11 is 0. The Balaban J connectivity index is 1.48. The Hall–Kier alpha value is -0.900. The second kappa shape index (κ2) is 6.04. The van der Waals surface area contributed by atoms with Gasteiger partial charge in [0.2, 0.25) is 0 Å². The molecule has 104 valence electrons. The van der Waals surface area contributed by atoms with E-state index in [9.17, 15) is 0 Å². The van der Waals surface area contributed by atoms with E-state index >= 15 is 0 Å². The largest absolute Gasteiger partial charge is 0.378 e. The maximum atomic E-state index is 5.71. The molecule has 0 radical (unpaired) electrons. The van der Waals surface area contributed by atoms with Gasteiger partial charge >= 0.3 is 0 Å². The summed E-state index contributed by atoms with van der Waals surface area (Å²) in [5.74, 6) is 6.41. The molecule has 1 saturated heterocycles. The van der Waals surface area contributed by atoms with Crippen LogP contribution in [0.3, 0.4) is 0 Å². The topological polar surface area (TPSA) is 47.3 Å². The van der Waals surface area contributed by atoms with Crippen molar-refractivity contribution >= 4 is 0 Å². The molecule has 3 heteroatoms. The minimum atomic E-state index is 0.419. The van der Waals surface area contributed by atoms with Crippen molar-refractivity contribution in [3.63, 3.8) is 0 Å². The van der Waals surface area contributed by atoms with E-state index in [0.29, 0.717) is 18.1 Å². The van der Waals surface area contributed by atoms with Crippen molar-refractivity contribution in [3.8, 4) is 0 Å². The fourth-order valence-corrected chi connectivity index (χ4v) is 3.44. The first-order chi connectivity index (χ1) is 9.36. The lowest BCUT2D eigenvalue weighted by Gasteiger charge is -2.33. The molecule has 1 fully saturated rings. The molecule has 0 amide bonds. The molecule has 0 bridgehead atoms. The van der Waals surface area contributed by atoms with Crippen LogP contribution in [0.25, 0.3) is 0 Å². The molecule has 2 aliphatic rings. The van der Waals surface area contributed by atoms with Gasteiger partial charge in [-0.1, -0.05) is 24.3 Å². The van der Waals surface area contributed by atoms with Crippen LogP contribution in [0.15, 0.2) is 24.3 Å². The first-order valence-corrected chi connectivity index (χ1v) is 7.52. The summed E-state index contributed by atoms with van der Waals surface area (Å²) in [5, 5.41) is 0. The van der Waals surface area contributed by atoms with Gasteiger partial charge in [-0.2, -0.15) is 0 Å². The lowest BCUT2D eigenvalue weighted by atomic mass is 9.74. The number of hydrazine groups is 1. The molecule has 1 heterocycles. The van der Waals surface area contributed by atoms with Crippen molar-refractivity contribution < 1.29 is 4.74 Å². The summed E-state index contributed by atoms with van der Waals surface area (Å²) in [6, 6.07) is 9.19. The number of benzene rings is 1. The summed E-state index contributed by atoms with van der Waals surface area (Å²) in [4.78, 5) is 0. The first-order valence-electron chi connectivity index (χ1n) is 7.52. The summed E-state index contributed by atoms with van der Waals surface area (Å²) in [6.45, 7) is 0.946. The zero-order chi connectivity index (χ0) is 13.1.